The van der Waals surface area contributed by atoms with Gasteiger partial charge in [-0.15, -0.1) is 0 Å². The van der Waals surface area contributed by atoms with Crippen LogP contribution >= 0.6 is 0 Å². The minimum atomic E-state index is 0.0334. The van der Waals surface area contributed by atoms with Crippen LogP contribution in [-0.4, -0.2) is 42.3 Å². The Balaban J connectivity index is 2.28. The van der Waals surface area contributed by atoms with Gasteiger partial charge in [0.25, 0.3) is 0 Å². The Kier molecular flexibility index (Phi) is 5.46. The van der Waals surface area contributed by atoms with Gasteiger partial charge in [0, 0.05) is 19.5 Å². The number of ketones is 1. The van der Waals surface area contributed by atoms with Gasteiger partial charge in [0.15, 0.2) is 0 Å². The van der Waals surface area contributed by atoms with E-state index in [4.69, 9.17) is 0 Å². The molecule has 1 aliphatic heterocycles. The van der Waals surface area contributed by atoms with E-state index in [2.05, 4.69) is 10.2 Å². The number of unbranched alkanes of at least 4 members (excludes halogenated alkanes) is 1. The van der Waals surface area contributed by atoms with E-state index in [-0.39, 0.29) is 17.7 Å². The van der Waals surface area contributed by atoms with E-state index in [1.165, 1.54) is 0 Å². The molecule has 0 aromatic rings. The summed E-state index contributed by atoms with van der Waals surface area (Å²) in [7, 11) is 0. The zero-order valence-corrected chi connectivity index (χ0v) is 10.3. The quantitative estimate of drug-likeness (QED) is 0.686. The van der Waals surface area contributed by atoms with Crippen molar-refractivity contribution in [1.29, 1.82) is 0 Å². The van der Waals surface area contributed by atoms with E-state index in [9.17, 15) is 9.59 Å². The summed E-state index contributed by atoms with van der Waals surface area (Å²) < 4.78 is 0. The van der Waals surface area contributed by atoms with Crippen molar-refractivity contribution in [2.24, 2.45) is 0 Å². The first-order valence-corrected chi connectivity index (χ1v) is 6.16. The molecule has 1 fully saturated rings. The first-order valence-electron chi connectivity index (χ1n) is 6.16. The summed E-state index contributed by atoms with van der Waals surface area (Å²) in [5.74, 6) is 0.406. The Morgan fingerprint density at radius 2 is 2.25 bits per heavy atom. The molecule has 0 aliphatic carbocycles. The molecule has 1 heterocycles. The number of carbonyl (C=O) groups excluding carboxylic acids is 2. The summed E-state index contributed by atoms with van der Waals surface area (Å²) in [4.78, 5) is 24.6. The molecule has 1 amide bonds. The van der Waals surface area contributed by atoms with E-state index < -0.39 is 0 Å². The molecule has 0 radical (unpaired) electrons. The van der Waals surface area contributed by atoms with Gasteiger partial charge in [0.1, 0.15) is 5.78 Å². The maximum Gasteiger partial charge on any atom is 0.237 e. The maximum absolute atomic E-state index is 11.6. The average Bonchev–Trinajstić information content (AvgIpc) is 2.24. The van der Waals surface area contributed by atoms with Crippen molar-refractivity contribution in [3.05, 3.63) is 0 Å². The van der Waals surface area contributed by atoms with Crippen molar-refractivity contribution in [1.82, 2.24) is 10.2 Å². The third-order valence-electron chi connectivity index (χ3n) is 3.05. The van der Waals surface area contributed by atoms with Crippen LogP contribution in [0.3, 0.4) is 0 Å². The van der Waals surface area contributed by atoms with Crippen molar-refractivity contribution >= 4 is 11.7 Å². The molecule has 1 saturated heterocycles. The number of Topliss-reactive ketones (excluding diaryl/α,β-unsaturated/α-hetero) is 1. The molecule has 4 heteroatoms. The number of nitrogens with zero attached hydrogens (tertiary/aromatic N) is 1. The molecule has 0 aromatic heterocycles. The lowest BCUT2D eigenvalue weighted by molar-refractivity contribution is -0.129. The van der Waals surface area contributed by atoms with Crippen molar-refractivity contribution in [2.75, 3.05) is 19.6 Å². The van der Waals surface area contributed by atoms with Gasteiger partial charge in [-0.1, -0.05) is 6.92 Å². The van der Waals surface area contributed by atoms with Gasteiger partial charge < -0.3 is 10.1 Å². The summed E-state index contributed by atoms with van der Waals surface area (Å²) in [6.45, 7) is 6.28. The van der Waals surface area contributed by atoms with E-state index in [0.29, 0.717) is 6.42 Å². The Labute approximate surface area is 97.4 Å². The highest BCUT2D eigenvalue weighted by atomic mass is 16.2. The van der Waals surface area contributed by atoms with Crippen LogP contribution in [0, 0.1) is 0 Å². The molecule has 1 N–H and O–H groups in total. The van der Waals surface area contributed by atoms with Gasteiger partial charge in [-0.2, -0.15) is 0 Å². The SMILES string of the molecule is CCC1C(=O)NCCN1CCCCC(C)=O. The molecule has 1 rings (SSSR count). The normalized spacial score (nSPS) is 21.9. The molecule has 0 spiro atoms. The fourth-order valence-corrected chi connectivity index (χ4v) is 2.16. The molecule has 1 atom stereocenters. The molecule has 16 heavy (non-hydrogen) atoms. The third kappa shape index (κ3) is 3.93. The second kappa shape index (κ2) is 6.63. The first-order chi connectivity index (χ1) is 7.65. The van der Waals surface area contributed by atoms with E-state index in [1.54, 1.807) is 6.92 Å². The molecule has 0 aromatic carbocycles. The molecule has 4 nitrogen and oxygen atoms in total. The summed E-state index contributed by atoms with van der Waals surface area (Å²) in [6, 6.07) is 0.0334. The van der Waals surface area contributed by atoms with Gasteiger partial charge in [0.2, 0.25) is 5.91 Å². The maximum atomic E-state index is 11.6. The number of hydrogen-bond acceptors (Lipinski definition) is 3. The predicted octanol–water partition coefficient (Wildman–Crippen LogP) is 0.956. The highest BCUT2D eigenvalue weighted by molar-refractivity contribution is 5.82. The molecule has 0 saturated carbocycles. The zero-order valence-electron chi connectivity index (χ0n) is 10.3. The fourth-order valence-electron chi connectivity index (χ4n) is 2.16. The average molecular weight is 226 g/mol. The molecule has 0 bridgehead atoms. The van der Waals surface area contributed by atoms with Crippen LogP contribution in [-0.2, 0) is 9.59 Å². The number of piperazine rings is 1. The first kappa shape index (κ1) is 13.2. The molecule has 1 unspecified atom stereocenters. The highest BCUT2D eigenvalue weighted by Gasteiger charge is 2.27. The van der Waals surface area contributed by atoms with Gasteiger partial charge in [-0.3, -0.25) is 9.69 Å². The monoisotopic (exact) mass is 226 g/mol. The number of nitrogens with one attached hydrogen (secondary N) is 1. The second-order valence-corrected chi connectivity index (χ2v) is 4.41. The van der Waals surface area contributed by atoms with Crippen molar-refractivity contribution in [3.63, 3.8) is 0 Å². The lowest BCUT2D eigenvalue weighted by Crippen LogP contribution is -2.55. The largest absolute Gasteiger partial charge is 0.353 e. The minimum Gasteiger partial charge on any atom is -0.353 e. The summed E-state index contributed by atoms with van der Waals surface area (Å²) in [6.07, 6.45) is 3.46. The molecular weight excluding hydrogens is 204 g/mol. The van der Waals surface area contributed by atoms with E-state index in [0.717, 1.165) is 38.9 Å². The summed E-state index contributed by atoms with van der Waals surface area (Å²) in [5, 5.41) is 2.89. The van der Waals surface area contributed by atoms with Crippen LogP contribution in [0.1, 0.15) is 39.5 Å². The fraction of sp³-hybridized carbons (Fsp3) is 0.833. The van der Waals surface area contributed by atoms with E-state index >= 15 is 0 Å². The van der Waals surface area contributed by atoms with Gasteiger partial charge in [-0.25, -0.2) is 0 Å². The van der Waals surface area contributed by atoms with Gasteiger partial charge in [-0.05, 0) is 32.7 Å². The van der Waals surface area contributed by atoms with Gasteiger partial charge in [0.05, 0.1) is 6.04 Å². The lowest BCUT2D eigenvalue weighted by atomic mass is 10.1. The topological polar surface area (TPSA) is 49.4 Å². The van der Waals surface area contributed by atoms with Crippen LogP contribution in [0.5, 0.6) is 0 Å². The number of rotatable bonds is 6. The summed E-state index contributed by atoms with van der Waals surface area (Å²) in [5.41, 5.74) is 0. The Bertz CT molecular complexity index is 253. The minimum absolute atomic E-state index is 0.0334. The van der Waals surface area contributed by atoms with Crippen LogP contribution in [0.2, 0.25) is 0 Å². The number of hydrogen-bond donors (Lipinski definition) is 1. The standard InChI is InChI=1S/C12H22N2O2/c1-3-11-12(16)13-7-9-14(11)8-5-4-6-10(2)15/h11H,3-9H2,1-2H3,(H,13,16). The van der Waals surface area contributed by atoms with Crippen molar-refractivity contribution in [2.45, 2.75) is 45.6 Å². The predicted molar refractivity (Wildman–Crippen MR) is 63.2 cm³/mol. The lowest BCUT2D eigenvalue weighted by Gasteiger charge is -2.34. The highest BCUT2D eigenvalue weighted by Crippen LogP contribution is 2.10. The van der Waals surface area contributed by atoms with E-state index in [1.807, 2.05) is 6.92 Å². The third-order valence-corrected chi connectivity index (χ3v) is 3.05. The van der Waals surface area contributed by atoms with Crippen LogP contribution in [0.15, 0.2) is 0 Å². The van der Waals surface area contributed by atoms with Gasteiger partial charge >= 0.3 is 0 Å². The molecular formula is C12H22N2O2. The second-order valence-electron chi connectivity index (χ2n) is 4.41. The van der Waals surface area contributed by atoms with Crippen LogP contribution < -0.4 is 5.32 Å². The van der Waals surface area contributed by atoms with Crippen molar-refractivity contribution < 1.29 is 9.59 Å². The Morgan fingerprint density at radius 1 is 1.50 bits per heavy atom. The Hall–Kier alpha value is -0.900. The van der Waals surface area contributed by atoms with Crippen molar-refractivity contribution in [3.8, 4) is 0 Å². The number of amides is 1. The number of carbonyl (C=O) groups is 2. The van der Waals surface area contributed by atoms with Crippen LogP contribution in [0.25, 0.3) is 0 Å². The summed E-state index contributed by atoms with van der Waals surface area (Å²) >= 11 is 0. The molecule has 92 valence electrons. The van der Waals surface area contributed by atoms with Crippen LogP contribution in [0.4, 0.5) is 0 Å². The smallest absolute Gasteiger partial charge is 0.237 e. The zero-order chi connectivity index (χ0) is 12.0. The molecule has 1 aliphatic rings. The Morgan fingerprint density at radius 3 is 2.88 bits per heavy atom.